The van der Waals surface area contributed by atoms with Gasteiger partial charge in [0.15, 0.2) is 6.10 Å². The summed E-state index contributed by atoms with van der Waals surface area (Å²) in [5.41, 5.74) is 0. The number of esters is 2. The van der Waals surface area contributed by atoms with E-state index in [0.29, 0.717) is 17.4 Å². The summed E-state index contributed by atoms with van der Waals surface area (Å²) in [4.78, 5) is 37.4. The number of aliphatic carboxylic acids is 1. The minimum atomic E-state index is -1.52. The van der Waals surface area contributed by atoms with Crippen molar-refractivity contribution in [2.45, 2.75) is 245 Å². The van der Waals surface area contributed by atoms with Crippen LogP contribution in [-0.4, -0.2) is 87.4 Å². The van der Waals surface area contributed by atoms with Crippen molar-refractivity contribution >= 4 is 17.9 Å². The van der Waals surface area contributed by atoms with Gasteiger partial charge in [-0.3, -0.25) is 9.59 Å². The largest absolute Gasteiger partial charge is 0.477 e. The first kappa shape index (κ1) is 71.0. The summed E-state index contributed by atoms with van der Waals surface area (Å²) in [6.45, 7) is 4.74. The van der Waals surface area contributed by atoms with Crippen molar-refractivity contribution in [3.8, 4) is 0 Å². The molecule has 1 N–H and O–H groups in total. The number of carbonyl (C=O) groups is 3. The lowest BCUT2D eigenvalue weighted by Crippen LogP contribution is -2.40. The molecule has 0 aromatic carbocycles. The van der Waals surface area contributed by atoms with Crippen LogP contribution in [-0.2, 0) is 33.3 Å². The van der Waals surface area contributed by atoms with Crippen molar-refractivity contribution in [3.63, 3.8) is 0 Å². The normalized spacial score (nSPS) is 13.6. The first-order valence-corrected chi connectivity index (χ1v) is 30.1. The lowest BCUT2D eigenvalue weighted by molar-refractivity contribution is -0.870. The molecule has 428 valence electrons. The van der Waals surface area contributed by atoms with Gasteiger partial charge in [0.25, 0.3) is 6.29 Å². The molecule has 0 radical (unpaired) electrons. The Kier molecular flexibility index (Phi) is 53.1. The molecule has 0 saturated carbocycles. The fourth-order valence-corrected chi connectivity index (χ4v) is 7.91. The third-order valence-electron chi connectivity index (χ3n) is 12.5. The van der Waals surface area contributed by atoms with E-state index in [1.165, 1.54) is 83.5 Å². The molecule has 0 aromatic rings. The second-order valence-electron chi connectivity index (χ2n) is 20.9. The molecule has 0 fully saturated rings. The first-order chi connectivity index (χ1) is 36.6. The fraction of sp³-hybridized carbons (Fsp3) is 0.682. The summed E-state index contributed by atoms with van der Waals surface area (Å²) in [6, 6.07) is 0. The van der Waals surface area contributed by atoms with E-state index in [2.05, 4.69) is 123 Å². The summed E-state index contributed by atoms with van der Waals surface area (Å²) in [6.07, 6.45) is 74.6. The van der Waals surface area contributed by atoms with Gasteiger partial charge in [-0.15, -0.1) is 0 Å². The average molecular weight is 1050 g/mol. The van der Waals surface area contributed by atoms with Gasteiger partial charge in [0, 0.05) is 12.8 Å². The van der Waals surface area contributed by atoms with Gasteiger partial charge >= 0.3 is 17.9 Å². The Hall–Kier alpha value is -4.05. The van der Waals surface area contributed by atoms with E-state index in [0.717, 1.165) is 116 Å². The smallest absolute Gasteiger partial charge is 0.361 e. The molecule has 0 saturated heterocycles. The van der Waals surface area contributed by atoms with E-state index in [4.69, 9.17) is 18.9 Å². The molecule has 9 heteroatoms. The molecule has 0 aliphatic heterocycles. The van der Waals surface area contributed by atoms with Crippen LogP contribution in [0.5, 0.6) is 0 Å². The van der Waals surface area contributed by atoms with Crippen LogP contribution >= 0.6 is 0 Å². The van der Waals surface area contributed by atoms with Crippen LogP contribution in [0.4, 0.5) is 0 Å². The second kappa shape index (κ2) is 56.2. The number of allylic oxidation sites excluding steroid dienone is 18. The number of carboxylic acids is 1. The van der Waals surface area contributed by atoms with Crippen LogP contribution in [0, 0.1) is 0 Å². The molecule has 75 heavy (non-hydrogen) atoms. The molecule has 2 unspecified atom stereocenters. The number of quaternary nitrogens is 1. The number of carboxylic acid groups (broad SMARTS) is 1. The number of ether oxygens (including phenoxy) is 4. The molecule has 9 nitrogen and oxygen atoms in total. The standard InChI is InChI=1S/C66H111NO8/c1-6-8-10-12-14-16-18-20-22-23-24-25-26-27-28-29-30-31-32-33-34-35-36-37-38-39-40-41-43-45-47-49-51-53-55-57-64(69)75-62(61-74-66(65(70)71)72-59-58-67(3,4)5)60-73-63(68)56-54-52-50-48-46-44-42-21-19-17-15-13-11-9-7-2/h8,10,14,16,20-22,24-25,27-28,30-31,33-34,36-37,42,62,66H,6-7,9,11-13,15,17-19,23,26,29,32,35,38-41,43-61H2,1-5H3/p+1/b10-8-,16-14-,22-20-,25-24-,28-27-,31-30-,34-33-,37-36-,42-21-. The van der Waals surface area contributed by atoms with E-state index < -0.39 is 24.3 Å². The number of rotatable bonds is 54. The maximum Gasteiger partial charge on any atom is 0.361 e. The molecule has 0 amide bonds. The monoisotopic (exact) mass is 1050 g/mol. The number of hydrogen-bond acceptors (Lipinski definition) is 7. The number of hydrogen-bond donors (Lipinski definition) is 1. The summed E-state index contributed by atoms with van der Waals surface area (Å²) < 4.78 is 22.9. The average Bonchev–Trinajstić information content (AvgIpc) is 3.38. The van der Waals surface area contributed by atoms with Crippen molar-refractivity contribution < 1.29 is 42.9 Å². The maximum atomic E-state index is 12.9. The summed E-state index contributed by atoms with van der Waals surface area (Å²) in [5.74, 6) is -2.03. The molecule has 0 bridgehead atoms. The van der Waals surface area contributed by atoms with Crippen molar-refractivity contribution in [2.75, 3.05) is 47.5 Å². The number of nitrogens with zero attached hydrogens (tertiary/aromatic N) is 1. The zero-order valence-electron chi connectivity index (χ0n) is 48.7. The van der Waals surface area contributed by atoms with E-state index in [9.17, 15) is 19.5 Å². The topological polar surface area (TPSA) is 108 Å². The Balaban J connectivity index is 4.20. The van der Waals surface area contributed by atoms with Crippen molar-refractivity contribution in [2.24, 2.45) is 0 Å². The fourth-order valence-electron chi connectivity index (χ4n) is 7.91. The second-order valence-corrected chi connectivity index (χ2v) is 20.9. The first-order valence-electron chi connectivity index (χ1n) is 30.1. The predicted molar refractivity (Wildman–Crippen MR) is 318 cm³/mol. The molecule has 0 rings (SSSR count). The zero-order chi connectivity index (χ0) is 54.8. The molecule has 0 aromatic heterocycles. The highest BCUT2D eigenvalue weighted by Crippen LogP contribution is 2.15. The third-order valence-corrected chi connectivity index (χ3v) is 12.5. The highest BCUT2D eigenvalue weighted by molar-refractivity contribution is 5.71. The molecular formula is C66H112NO8+. The minimum absolute atomic E-state index is 0.181. The molecule has 2 atom stereocenters. The van der Waals surface area contributed by atoms with Crippen LogP contribution in [0.2, 0.25) is 0 Å². The Morgan fingerprint density at radius 1 is 0.413 bits per heavy atom. The molecule has 0 spiro atoms. The summed E-state index contributed by atoms with van der Waals surface area (Å²) in [5, 5.41) is 9.70. The SMILES string of the molecule is CC/C=C\C/C=C\C/C=C\C/C=C\C/C=C\C/C=C\C/C=C\C/C=C\CCCCCCCCCCCCC(=O)OC(COC(=O)CCCCCCC/C=C\CCCCCCCC)COC(OCC[N+](C)(C)C)C(=O)O. The third kappa shape index (κ3) is 57.5. The van der Waals surface area contributed by atoms with Gasteiger partial charge in [-0.25, -0.2) is 4.79 Å². The quantitative estimate of drug-likeness (QED) is 0.0211. The molecule has 0 aliphatic carbocycles. The maximum absolute atomic E-state index is 12.9. The van der Waals surface area contributed by atoms with Crippen LogP contribution in [0.3, 0.4) is 0 Å². The van der Waals surface area contributed by atoms with Crippen molar-refractivity contribution in [3.05, 3.63) is 109 Å². The molecular weight excluding hydrogens is 935 g/mol. The van der Waals surface area contributed by atoms with Crippen LogP contribution in [0.15, 0.2) is 109 Å². The zero-order valence-corrected chi connectivity index (χ0v) is 48.7. The summed E-state index contributed by atoms with van der Waals surface area (Å²) in [7, 11) is 5.96. The lowest BCUT2D eigenvalue weighted by Gasteiger charge is -2.25. The Morgan fingerprint density at radius 3 is 1.15 bits per heavy atom. The minimum Gasteiger partial charge on any atom is -0.477 e. The van der Waals surface area contributed by atoms with E-state index in [-0.39, 0.29) is 38.6 Å². The lowest BCUT2D eigenvalue weighted by atomic mass is 10.0. The van der Waals surface area contributed by atoms with Gasteiger partial charge in [-0.2, -0.15) is 0 Å². The van der Waals surface area contributed by atoms with Gasteiger partial charge < -0.3 is 28.5 Å². The number of carbonyl (C=O) groups excluding carboxylic acids is 2. The Bertz CT molecular complexity index is 1590. The van der Waals surface area contributed by atoms with Gasteiger partial charge in [0.2, 0.25) is 0 Å². The number of likely N-dealkylation sites (N-methyl/N-ethyl adjacent to an activating group) is 1. The van der Waals surface area contributed by atoms with Crippen molar-refractivity contribution in [1.29, 1.82) is 0 Å². The Labute approximate surface area is 460 Å². The van der Waals surface area contributed by atoms with E-state index in [1.807, 2.05) is 21.1 Å². The number of unbranched alkanes of at least 4 members (excludes halogenated alkanes) is 21. The summed E-state index contributed by atoms with van der Waals surface area (Å²) >= 11 is 0. The van der Waals surface area contributed by atoms with E-state index >= 15 is 0 Å². The van der Waals surface area contributed by atoms with Crippen LogP contribution in [0.25, 0.3) is 0 Å². The van der Waals surface area contributed by atoms with Gasteiger partial charge in [-0.1, -0.05) is 226 Å². The highest BCUT2D eigenvalue weighted by Gasteiger charge is 2.25. The van der Waals surface area contributed by atoms with Gasteiger partial charge in [-0.05, 0) is 103 Å². The predicted octanol–water partition coefficient (Wildman–Crippen LogP) is 17.9. The van der Waals surface area contributed by atoms with Crippen LogP contribution in [0.1, 0.15) is 232 Å². The molecule has 0 heterocycles. The van der Waals surface area contributed by atoms with Crippen molar-refractivity contribution in [1.82, 2.24) is 0 Å². The molecule has 0 aliphatic rings. The van der Waals surface area contributed by atoms with Gasteiger partial charge in [0.1, 0.15) is 13.2 Å². The van der Waals surface area contributed by atoms with Crippen LogP contribution < -0.4 is 0 Å². The highest BCUT2D eigenvalue weighted by atomic mass is 16.7. The van der Waals surface area contributed by atoms with Gasteiger partial charge in [0.05, 0.1) is 34.4 Å². The van der Waals surface area contributed by atoms with E-state index in [1.54, 1.807) is 0 Å². The Morgan fingerprint density at radius 2 is 0.760 bits per heavy atom.